The number of carbonyl (C=O) groups excluding carboxylic acids is 1. The van der Waals surface area contributed by atoms with Crippen LogP contribution in [-0.2, 0) is 4.74 Å². The molecule has 2 aliphatic rings. The van der Waals surface area contributed by atoms with Crippen molar-refractivity contribution < 1.29 is 13.9 Å². The molecule has 5 heterocycles. The Hall–Kier alpha value is -2.45. The van der Waals surface area contributed by atoms with Crippen LogP contribution in [-0.4, -0.2) is 59.2 Å². The number of rotatable bonds is 2. The van der Waals surface area contributed by atoms with Crippen LogP contribution in [0.25, 0.3) is 10.2 Å². The molecule has 3 aromatic rings. The van der Waals surface area contributed by atoms with Crippen molar-refractivity contribution in [2.45, 2.75) is 18.4 Å². The number of hydrogen-bond donors (Lipinski definition) is 0. The van der Waals surface area contributed by atoms with Gasteiger partial charge in [0, 0.05) is 19.6 Å². The van der Waals surface area contributed by atoms with Crippen molar-refractivity contribution in [2.75, 3.05) is 37.7 Å². The Morgan fingerprint density at radius 1 is 1.19 bits per heavy atom. The lowest BCUT2D eigenvalue weighted by atomic mass is 9.89. The standard InChI is InChI=1S/C19H20N4O3S/c24-18(15-2-1-9-25-15)23-8-10-26-19(12-23)4-6-22(7-5-19)17-16-14(3-11-27-16)20-13-21-17/h1-3,9,11,13H,4-8,10,12H2. The van der Waals surface area contributed by atoms with E-state index in [0.29, 0.717) is 25.5 Å². The highest BCUT2D eigenvalue weighted by Gasteiger charge is 2.42. The van der Waals surface area contributed by atoms with E-state index in [1.807, 2.05) is 11.0 Å². The monoisotopic (exact) mass is 384 g/mol. The molecule has 5 rings (SSSR count). The number of anilines is 1. The zero-order chi connectivity index (χ0) is 18.3. The number of ether oxygens (including phenoxy) is 1. The van der Waals surface area contributed by atoms with Gasteiger partial charge in [-0.3, -0.25) is 4.79 Å². The Morgan fingerprint density at radius 3 is 2.89 bits per heavy atom. The Labute approximate surface area is 160 Å². The van der Waals surface area contributed by atoms with Crippen LogP contribution in [0.15, 0.2) is 40.6 Å². The maximum absolute atomic E-state index is 12.6. The Morgan fingerprint density at radius 2 is 2.07 bits per heavy atom. The van der Waals surface area contributed by atoms with E-state index in [4.69, 9.17) is 9.15 Å². The Bertz CT molecular complexity index is 947. The number of morpholine rings is 1. The molecular formula is C19H20N4O3S. The van der Waals surface area contributed by atoms with Crippen molar-refractivity contribution in [3.63, 3.8) is 0 Å². The zero-order valence-electron chi connectivity index (χ0n) is 14.8. The normalized spacial score (nSPS) is 19.7. The van der Waals surface area contributed by atoms with E-state index in [1.165, 1.54) is 6.26 Å². The first-order valence-corrected chi connectivity index (χ1v) is 10.0. The molecule has 2 aliphatic heterocycles. The van der Waals surface area contributed by atoms with Crippen molar-refractivity contribution in [3.05, 3.63) is 41.9 Å². The second kappa shape index (κ2) is 6.61. The summed E-state index contributed by atoms with van der Waals surface area (Å²) in [7, 11) is 0. The van der Waals surface area contributed by atoms with Crippen LogP contribution in [0.2, 0.25) is 0 Å². The molecule has 0 atom stereocenters. The minimum atomic E-state index is -0.279. The number of carbonyl (C=O) groups is 1. The predicted octanol–water partition coefficient (Wildman–Crippen LogP) is 2.80. The molecule has 8 heteroatoms. The van der Waals surface area contributed by atoms with E-state index in [-0.39, 0.29) is 11.5 Å². The van der Waals surface area contributed by atoms with Crippen LogP contribution < -0.4 is 4.90 Å². The summed E-state index contributed by atoms with van der Waals surface area (Å²) < 4.78 is 12.6. The molecular weight excluding hydrogens is 364 g/mol. The lowest BCUT2D eigenvalue weighted by molar-refractivity contribution is -0.112. The summed E-state index contributed by atoms with van der Waals surface area (Å²) >= 11 is 1.68. The molecule has 0 unspecified atom stereocenters. The van der Waals surface area contributed by atoms with E-state index < -0.39 is 0 Å². The first-order chi connectivity index (χ1) is 13.2. The third-order valence-electron chi connectivity index (χ3n) is 5.47. The molecule has 0 bridgehead atoms. The second-order valence-electron chi connectivity index (χ2n) is 7.05. The Kier molecular flexibility index (Phi) is 4.09. The van der Waals surface area contributed by atoms with Gasteiger partial charge in [0.05, 0.1) is 35.2 Å². The van der Waals surface area contributed by atoms with Gasteiger partial charge in [-0.05, 0) is 36.4 Å². The van der Waals surface area contributed by atoms with Gasteiger partial charge in [-0.25, -0.2) is 9.97 Å². The smallest absolute Gasteiger partial charge is 0.289 e. The maximum Gasteiger partial charge on any atom is 0.289 e. The minimum Gasteiger partial charge on any atom is -0.459 e. The summed E-state index contributed by atoms with van der Waals surface area (Å²) in [5, 5.41) is 2.05. The molecule has 2 saturated heterocycles. The van der Waals surface area contributed by atoms with Gasteiger partial charge in [0.15, 0.2) is 5.76 Å². The van der Waals surface area contributed by atoms with E-state index >= 15 is 0 Å². The molecule has 27 heavy (non-hydrogen) atoms. The molecule has 140 valence electrons. The number of fused-ring (bicyclic) bond motifs is 1. The average Bonchev–Trinajstić information content (AvgIpc) is 3.40. The van der Waals surface area contributed by atoms with Crippen LogP contribution >= 0.6 is 11.3 Å². The number of amides is 1. The molecule has 0 saturated carbocycles. The molecule has 0 aromatic carbocycles. The van der Waals surface area contributed by atoms with Gasteiger partial charge in [0.1, 0.15) is 12.1 Å². The van der Waals surface area contributed by atoms with E-state index in [9.17, 15) is 4.79 Å². The number of furan rings is 1. The maximum atomic E-state index is 12.6. The van der Waals surface area contributed by atoms with Crippen LogP contribution in [0.1, 0.15) is 23.4 Å². The highest BCUT2D eigenvalue weighted by atomic mass is 32.1. The fourth-order valence-electron chi connectivity index (χ4n) is 4.00. The highest BCUT2D eigenvalue weighted by molar-refractivity contribution is 7.17. The van der Waals surface area contributed by atoms with Crippen LogP contribution in [0.3, 0.4) is 0 Å². The van der Waals surface area contributed by atoms with Crippen molar-refractivity contribution in [1.29, 1.82) is 0 Å². The summed E-state index contributed by atoms with van der Waals surface area (Å²) in [6.07, 6.45) is 4.90. The van der Waals surface area contributed by atoms with Crippen LogP contribution in [0.5, 0.6) is 0 Å². The third kappa shape index (κ3) is 2.98. The van der Waals surface area contributed by atoms with Crippen molar-refractivity contribution >= 4 is 33.3 Å². The van der Waals surface area contributed by atoms with Gasteiger partial charge in [-0.2, -0.15) is 0 Å². The zero-order valence-corrected chi connectivity index (χ0v) is 15.7. The van der Waals surface area contributed by atoms with Crippen LogP contribution in [0.4, 0.5) is 5.82 Å². The fraction of sp³-hybridized carbons (Fsp3) is 0.421. The number of piperidine rings is 1. The molecule has 7 nitrogen and oxygen atoms in total. The molecule has 1 amide bonds. The SMILES string of the molecule is O=C(c1ccco1)N1CCOC2(CCN(c3ncnc4ccsc34)CC2)C1. The van der Waals surface area contributed by atoms with Gasteiger partial charge in [-0.15, -0.1) is 11.3 Å². The number of thiophene rings is 1. The quantitative estimate of drug-likeness (QED) is 0.677. The molecule has 0 aliphatic carbocycles. The molecule has 2 fully saturated rings. The predicted molar refractivity (Wildman–Crippen MR) is 102 cm³/mol. The van der Waals surface area contributed by atoms with Gasteiger partial charge >= 0.3 is 0 Å². The van der Waals surface area contributed by atoms with E-state index in [1.54, 1.807) is 29.8 Å². The summed E-state index contributed by atoms with van der Waals surface area (Å²) in [5.74, 6) is 1.34. The first-order valence-electron chi connectivity index (χ1n) is 9.14. The first kappa shape index (κ1) is 16.7. The lowest BCUT2D eigenvalue weighted by Gasteiger charge is -2.47. The summed E-state index contributed by atoms with van der Waals surface area (Å²) in [5.41, 5.74) is 0.716. The number of hydrogen-bond acceptors (Lipinski definition) is 7. The van der Waals surface area contributed by atoms with Crippen molar-refractivity contribution in [2.24, 2.45) is 0 Å². The molecule has 0 radical (unpaired) electrons. The summed E-state index contributed by atoms with van der Waals surface area (Å²) in [6, 6.07) is 5.49. The Balaban J connectivity index is 1.30. The highest BCUT2D eigenvalue weighted by Crippen LogP contribution is 2.35. The molecule has 0 N–H and O–H groups in total. The molecule has 3 aromatic heterocycles. The van der Waals surface area contributed by atoms with E-state index in [2.05, 4.69) is 20.2 Å². The average molecular weight is 384 g/mol. The van der Waals surface area contributed by atoms with E-state index in [0.717, 1.165) is 42.0 Å². The van der Waals surface area contributed by atoms with Crippen molar-refractivity contribution in [3.8, 4) is 0 Å². The topological polar surface area (TPSA) is 71.7 Å². The third-order valence-corrected chi connectivity index (χ3v) is 6.37. The summed E-state index contributed by atoms with van der Waals surface area (Å²) in [4.78, 5) is 25.7. The van der Waals surface area contributed by atoms with Crippen LogP contribution in [0, 0.1) is 0 Å². The second-order valence-corrected chi connectivity index (χ2v) is 7.97. The van der Waals surface area contributed by atoms with Gasteiger partial charge in [-0.1, -0.05) is 0 Å². The number of aromatic nitrogens is 2. The van der Waals surface area contributed by atoms with Gasteiger partial charge in [0.2, 0.25) is 0 Å². The molecule has 1 spiro atoms. The minimum absolute atomic E-state index is 0.0544. The van der Waals surface area contributed by atoms with Crippen molar-refractivity contribution in [1.82, 2.24) is 14.9 Å². The summed E-state index contributed by atoms with van der Waals surface area (Å²) in [6.45, 7) is 3.49. The largest absolute Gasteiger partial charge is 0.459 e. The fourth-order valence-corrected chi connectivity index (χ4v) is 4.87. The lowest BCUT2D eigenvalue weighted by Crippen LogP contribution is -2.58. The number of nitrogens with zero attached hydrogens (tertiary/aromatic N) is 4. The van der Waals surface area contributed by atoms with Gasteiger partial charge < -0.3 is 19.0 Å². The van der Waals surface area contributed by atoms with Gasteiger partial charge in [0.25, 0.3) is 5.91 Å².